The van der Waals surface area contributed by atoms with Gasteiger partial charge in [0.05, 0.1) is 0 Å². The first kappa shape index (κ1) is 49.5. The molecule has 14 unspecified atom stereocenters. The van der Waals surface area contributed by atoms with Crippen molar-refractivity contribution in [3.63, 3.8) is 0 Å². The predicted molar refractivity (Wildman–Crippen MR) is 315 cm³/mol. The molecule has 0 saturated heterocycles. The maximum atomic E-state index is 2.74. The topological polar surface area (TPSA) is 0 Å². The van der Waals surface area contributed by atoms with Crippen LogP contribution in [0.5, 0.6) is 0 Å². The van der Waals surface area contributed by atoms with E-state index in [1.807, 2.05) is 0 Å². The van der Waals surface area contributed by atoms with Gasteiger partial charge in [-0.1, -0.05) is 233 Å². The van der Waals surface area contributed by atoms with E-state index in [1.165, 1.54) is 78.7 Å². The first-order valence-electron chi connectivity index (χ1n) is 29.1. The predicted octanol–water partition coefficient (Wildman–Crippen LogP) is 18.7. The molecule has 7 aromatic rings. The lowest BCUT2D eigenvalue weighted by Crippen LogP contribution is -2.43. The molecule has 0 heterocycles. The molecule has 0 N–H and O–H groups in total. The van der Waals surface area contributed by atoms with Crippen LogP contribution in [-0.4, -0.2) is 11.5 Å². The van der Waals surface area contributed by atoms with Crippen molar-refractivity contribution < 1.29 is 0 Å². The van der Waals surface area contributed by atoms with Gasteiger partial charge in [-0.3, -0.25) is 0 Å². The van der Waals surface area contributed by atoms with Crippen molar-refractivity contribution in [2.45, 2.75) is 119 Å². The summed E-state index contributed by atoms with van der Waals surface area (Å²) < 4.78 is 0. The summed E-state index contributed by atoms with van der Waals surface area (Å²) in [6.07, 6.45) is 17.7. The molecule has 0 nitrogen and oxygen atoms in total. The summed E-state index contributed by atoms with van der Waals surface area (Å²) in [6, 6.07) is 77.4. The smallest absolute Gasteiger partial charge is 0.00464 e. The van der Waals surface area contributed by atoms with E-state index in [2.05, 4.69) is 245 Å². The Bertz CT molecular complexity index is 2950. The Morgan fingerprint density at radius 1 is 0.541 bits per heavy atom. The lowest BCUT2D eigenvalue weighted by Gasteiger charge is -2.46. The Morgan fingerprint density at radius 2 is 1.11 bits per heavy atom. The first-order chi connectivity index (χ1) is 36.4. The molecule has 2 bridgehead atoms. The van der Waals surface area contributed by atoms with E-state index in [0.29, 0.717) is 35.5 Å². The zero-order valence-corrected chi connectivity index (χ0v) is 45.3. The van der Waals surface area contributed by atoms with E-state index in [0.717, 1.165) is 48.9 Å². The molecule has 3 fully saturated rings. The van der Waals surface area contributed by atoms with E-state index in [4.69, 9.17) is 0 Å². The summed E-state index contributed by atoms with van der Waals surface area (Å²) >= 11 is 2.24. The number of allylic oxidation sites excluding steroid dienone is 1. The summed E-state index contributed by atoms with van der Waals surface area (Å²) in [5.74, 6) is 10.3. The van der Waals surface area contributed by atoms with Crippen LogP contribution in [0.1, 0.15) is 146 Å². The molecule has 3 saturated carbocycles. The van der Waals surface area contributed by atoms with Gasteiger partial charge in [-0.25, -0.2) is 0 Å². The molecule has 7 aromatic carbocycles. The third-order valence-corrected chi connectivity index (χ3v) is 22.0. The fourth-order valence-electron chi connectivity index (χ4n) is 17.4. The van der Waals surface area contributed by atoms with Crippen LogP contribution < -0.4 is 0 Å². The van der Waals surface area contributed by atoms with E-state index in [1.54, 1.807) is 27.8 Å². The van der Waals surface area contributed by atoms with E-state index in [9.17, 15) is 0 Å². The fraction of sp³-hybridized carbons (Fsp3) is 0.397. The minimum Gasteiger partial charge on any atom is -0.161 e. The molecule has 0 spiro atoms. The summed E-state index contributed by atoms with van der Waals surface area (Å²) in [5.41, 5.74) is 13.9. The molecule has 12 rings (SSSR count). The third-order valence-electron chi connectivity index (χ3n) is 20.5. The lowest BCUT2D eigenvalue weighted by molar-refractivity contribution is 0.0855. The molecular weight excluding hydrogens is 909 g/mol. The van der Waals surface area contributed by atoms with Gasteiger partial charge in [-0.15, -0.1) is 0 Å². The zero-order chi connectivity index (χ0) is 50.1. The number of benzene rings is 7. The van der Waals surface area contributed by atoms with E-state index < -0.39 is 0 Å². The van der Waals surface area contributed by atoms with Crippen LogP contribution >= 0.6 is 11.8 Å². The van der Waals surface area contributed by atoms with Crippen molar-refractivity contribution >= 4 is 17.8 Å². The number of hydrogen-bond donors (Lipinski definition) is 0. The molecule has 1 heteroatoms. The van der Waals surface area contributed by atoms with Crippen LogP contribution in [0.4, 0.5) is 0 Å². The van der Waals surface area contributed by atoms with Gasteiger partial charge in [-0.2, -0.15) is 11.8 Å². The maximum Gasteiger partial charge on any atom is 0.00464 e. The SMILES string of the molecule is CCCSCC(C)(c1ccccc1)C1CC2C3CCC(C3)C2C1C1Cc2ccccc2C1C1Cc2ccccc2C1CC(CC(C)(CC(C=Cc1ccccc1)c1ccccc1)c1ccccc1)c1ccccc1. The van der Waals surface area contributed by atoms with Crippen molar-refractivity contribution in [1.29, 1.82) is 0 Å². The van der Waals surface area contributed by atoms with Gasteiger partial charge < -0.3 is 0 Å². The van der Waals surface area contributed by atoms with Crippen LogP contribution in [-0.2, 0) is 23.7 Å². The van der Waals surface area contributed by atoms with Crippen molar-refractivity contribution in [3.8, 4) is 0 Å². The number of rotatable bonds is 19. The Hall–Kier alpha value is -5.37. The van der Waals surface area contributed by atoms with Crippen molar-refractivity contribution in [3.05, 3.63) is 256 Å². The van der Waals surface area contributed by atoms with Crippen molar-refractivity contribution in [2.75, 3.05) is 11.5 Å². The molecular formula is C73H80S. The molecule has 0 amide bonds. The Kier molecular flexibility index (Phi) is 14.5. The van der Waals surface area contributed by atoms with Crippen molar-refractivity contribution in [2.24, 2.45) is 47.3 Å². The van der Waals surface area contributed by atoms with Crippen LogP contribution in [0.25, 0.3) is 6.08 Å². The normalized spacial score (nSPS) is 28.0. The van der Waals surface area contributed by atoms with Crippen LogP contribution in [0.3, 0.4) is 0 Å². The van der Waals surface area contributed by atoms with Crippen molar-refractivity contribution in [1.82, 2.24) is 0 Å². The molecule has 378 valence electrons. The van der Waals surface area contributed by atoms with Gasteiger partial charge in [0.2, 0.25) is 0 Å². The Morgan fingerprint density at radius 3 is 1.80 bits per heavy atom. The van der Waals surface area contributed by atoms with Gasteiger partial charge in [-0.05, 0) is 191 Å². The summed E-state index contributed by atoms with van der Waals surface area (Å²) in [6.45, 7) is 7.73. The first-order valence-corrected chi connectivity index (χ1v) is 30.2. The minimum atomic E-state index is -0.106. The largest absolute Gasteiger partial charge is 0.161 e. The third kappa shape index (κ3) is 9.63. The highest BCUT2D eigenvalue weighted by atomic mass is 32.2. The number of thioether (sulfide) groups is 1. The maximum absolute atomic E-state index is 2.74. The van der Waals surface area contributed by atoms with Gasteiger partial charge in [0, 0.05) is 17.1 Å². The van der Waals surface area contributed by atoms with Crippen LogP contribution in [0.15, 0.2) is 206 Å². The molecule has 14 atom stereocenters. The highest BCUT2D eigenvalue weighted by molar-refractivity contribution is 7.99. The highest BCUT2D eigenvalue weighted by Gasteiger charge is 2.63. The highest BCUT2D eigenvalue weighted by Crippen LogP contribution is 2.70. The standard InChI is InChI=1S/C73H80S/c1-4-42-74-50-73(3,61-34-18-9-19-35-61)68-47-64-56-40-41-57(43-56)69(64)71(68)67-45-55-31-21-23-37-63(55)70(67)66-44-54-30-20-22-36-62(54)65(66)46-59(53-28-14-7-15-29-53)49-72(2,60-32-16-8-17-33-60)48-58(52-26-12-6-13-27-52)39-38-51-24-10-5-11-25-51/h5-39,56-59,64-71H,4,40-50H2,1-3H3. The molecule has 0 aliphatic heterocycles. The lowest BCUT2D eigenvalue weighted by atomic mass is 9.59. The van der Waals surface area contributed by atoms with E-state index >= 15 is 0 Å². The van der Waals surface area contributed by atoms with Gasteiger partial charge in [0.15, 0.2) is 0 Å². The molecule has 5 aliphatic rings. The van der Waals surface area contributed by atoms with Gasteiger partial charge >= 0.3 is 0 Å². The number of hydrogen-bond acceptors (Lipinski definition) is 1. The Balaban J connectivity index is 0.953. The average molecular weight is 990 g/mol. The fourth-order valence-corrected chi connectivity index (χ4v) is 18.6. The molecule has 0 aromatic heterocycles. The van der Waals surface area contributed by atoms with Crippen LogP contribution in [0, 0.1) is 47.3 Å². The summed E-state index contributed by atoms with van der Waals surface area (Å²) in [4.78, 5) is 0. The molecule has 0 radical (unpaired) electrons. The minimum absolute atomic E-state index is 0.106. The second kappa shape index (κ2) is 21.7. The number of fused-ring (bicyclic) bond motifs is 7. The average Bonchev–Trinajstić information content (AvgIpc) is 4.31. The summed E-state index contributed by atoms with van der Waals surface area (Å²) in [5, 5.41) is 0. The summed E-state index contributed by atoms with van der Waals surface area (Å²) in [7, 11) is 0. The van der Waals surface area contributed by atoms with Gasteiger partial charge in [0.1, 0.15) is 0 Å². The van der Waals surface area contributed by atoms with Crippen LogP contribution in [0.2, 0.25) is 0 Å². The molecule has 5 aliphatic carbocycles. The quantitative estimate of drug-likeness (QED) is 0.0728. The van der Waals surface area contributed by atoms with E-state index in [-0.39, 0.29) is 16.7 Å². The van der Waals surface area contributed by atoms with Gasteiger partial charge in [0.25, 0.3) is 0 Å². The monoisotopic (exact) mass is 989 g/mol. The second-order valence-corrected chi connectivity index (χ2v) is 25.7. The zero-order valence-electron chi connectivity index (χ0n) is 44.5. The molecule has 74 heavy (non-hydrogen) atoms. The Labute approximate surface area is 449 Å². The second-order valence-electron chi connectivity index (χ2n) is 24.6.